The van der Waals surface area contributed by atoms with Crippen molar-refractivity contribution in [2.75, 3.05) is 33.9 Å². The number of nitrogens with two attached hydrogens (primary N) is 1. The van der Waals surface area contributed by atoms with E-state index in [1.165, 1.54) is 32.2 Å². The molecule has 0 atom stereocenters. The van der Waals surface area contributed by atoms with Gasteiger partial charge in [0, 0.05) is 11.1 Å². The van der Waals surface area contributed by atoms with E-state index in [9.17, 15) is 4.79 Å². The van der Waals surface area contributed by atoms with Crippen molar-refractivity contribution in [3.05, 3.63) is 41.6 Å². The van der Waals surface area contributed by atoms with E-state index >= 15 is 0 Å². The molecule has 0 radical (unpaired) electrons. The Balaban J connectivity index is 1.49. The maximum absolute atomic E-state index is 13.1. The molecule has 3 N–H and O–H groups in total. The number of ether oxygens (including phenoxy) is 5. The highest BCUT2D eigenvalue weighted by Gasteiger charge is 2.27. The van der Waals surface area contributed by atoms with E-state index in [0.29, 0.717) is 39.9 Å². The Morgan fingerprint density at radius 1 is 1.08 bits per heavy atom. The third-order valence-corrected chi connectivity index (χ3v) is 5.33. The summed E-state index contributed by atoms with van der Waals surface area (Å²) in [5.41, 5.74) is 9.52. The highest BCUT2D eigenvalue weighted by atomic mass is 16.7. The molecule has 3 heterocycles. The van der Waals surface area contributed by atoms with Crippen LogP contribution in [0.1, 0.15) is 16.1 Å². The average molecular weight is 508 g/mol. The van der Waals surface area contributed by atoms with E-state index in [0.717, 1.165) is 0 Å². The van der Waals surface area contributed by atoms with Gasteiger partial charge in [-0.15, -0.1) is 5.10 Å². The fourth-order valence-corrected chi connectivity index (χ4v) is 3.66. The minimum Gasteiger partial charge on any atom is -0.493 e. The number of amides is 1. The number of anilines is 1. The number of hydrogen-bond donors (Lipinski definition) is 2. The van der Waals surface area contributed by atoms with Gasteiger partial charge in [-0.25, -0.2) is 10.1 Å². The van der Waals surface area contributed by atoms with Crippen molar-refractivity contribution in [2.45, 2.75) is 0 Å². The first-order valence-electron chi connectivity index (χ1n) is 10.6. The van der Waals surface area contributed by atoms with E-state index in [1.54, 1.807) is 30.3 Å². The predicted molar refractivity (Wildman–Crippen MR) is 126 cm³/mol. The SMILES string of the molecule is COc1ccc(C=NNC(=O)c2nnn(-c3nonc3N)c2-c2ccc3c(c2)OCO3)c(OC)c1OC. The second-order valence-electron chi connectivity index (χ2n) is 7.36. The standard InChI is InChI=1S/C22H20N8O7/c1-32-14-7-5-12(18(33-2)19(14)34-3)9-24-26-22(31)16-17(11-4-6-13-15(8-11)36-10-35-13)30(29-25-16)21-20(23)27-37-28-21/h4-9H,10H2,1-3H3,(H2,23,27)(H,26,31). The maximum Gasteiger partial charge on any atom is 0.294 e. The van der Waals surface area contributed by atoms with Crippen molar-refractivity contribution in [1.29, 1.82) is 0 Å². The molecule has 190 valence electrons. The zero-order valence-corrected chi connectivity index (χ0v) is 19.8. The summed E-state index contributed by atoms with van der Waals surface area (Å²) in [5.74, 6) is 1.63. The number of nitrogens with one attached hydrogen (secondary N) is 1. The van der Waals surface area contributed by atoms with Crippen molar-refractivity contribution in [3.8, 4) is 45.8 Å². The summed E-state index contributed by atoms with van der Waals surface area (Å²) >= 11 is 0. The molecule has 0 saturated heterocycles. The first kappa shape index (κ1) is 23.4. The summed E-state index contributed by atoms with van der Waals surface area (Å²) in [6.45, 7) is 0.0815. The van der Waals surface area contributed by atoms with Gasteiger partial charge in [0.05, 0.1) is 27.5 Å². The molecule has 0 saturated carbocycles. The highest BCUT2D eigenvalue weighted by molar-refractivity contribution is 5.99. The first-order valence-corrected chi connectivity index (χ1v) is 10.6. The van der Waals surface area contributed by atoms with Gasteiger partial charge in [-0.1, -0.05) is 5.21 Å². The molecule has 0 fully saturated rings. The number of carbonyl (C=O) groups excluding carboxylic acids is 1. The summed E-state index contributed by atoms with van der Waals surface area (Å²) in [6.07, 6.45) is 1.39. The van der Waals surface area contributed by atoms with Crippen LogP contribution < -0.4 is 34.8 Å². The van der Waals surface area contributed by atoms with Crippen LogP contribution in [0.25, 0.3) is 17.1 Å². The van der Waals surface area contributed by atoms with Gasteiger partial charge in [0.1, 0.15) is 5.69 Å². The number of methoxy groups -OCH3 is 3. The average Bonchev–Trinajstić information content (AvgIpc) is 3.66. The normalized spacial score (nSPS) is 12.1. The van der Waals surface area contributed by atoms with E-state index in [-0.39, 0.29) is 29.8 Å². The fraction of sp³-hybridized carbons (Fsp3) is 0.182. The molecule has 5 rings (SSSR count). The Hall–Kier alpha value is -5.34. The van der Waals surface area contributed by atoms with Gasteiger partial charge >= 0.3 is 0 Å². The second kappa shape index (κ2) is 9.73. The molecule has 0 aliphatic carbocycles. The van der Waals surface area contributed by atoms with E-state index in [4.69, 9.17) is 34.0 Å². The van der Waals surface area contributed by atoms with Crippen LogP contribution in [0.3, 0.4) is 0 Å². The number of carbonyl (C=O) groups is 1. The number of hydrogen-bond acceptors (Lipinski definition) is 13. The lowest BCUT2D eigenvalue weighted by Gasteiger charge is -2.13. The van der Waals surface area contributed by atoms with Crippen LogP contribution in [0.5, 0.6) is 28.7 Å². The number of fused-ring (bicyclic) bond motifs is 1. The summed E-state index contributed by atoms with van der Waals surface area (Å²) in [5, 5.41) is 19.4. The maximum atomic E-state index is 13.1. The van der Waals surface area contributed by atoms with Gasteiger partial charge in [-0.2, -0.15) is 9.78 Å². The molecule has 15 heteroatoms. The summed E-state index contributed by atoms with van der Waals surface area (Å²) in [7, 11) is 4.48. The molecule has 0 unspecified atom stereocenters. The van der Waals surface area contributed by atoms with Crippen molar-refractivity contribution in [1.82, 2.24) is 30.7 Å². The molecule has 15 nitrogen and oxygen atoms in total. The lowest BCUT2D eigenvalue weighted by molar-refractivity contribution is 0.0950. The number of nitrogen functional groups attached to an aromatic ring is 1. The van der Waals surface area contributed by atoms with Crippen LogP contribution in [0.4, 0.5) is 5.82 Å². The van der Waals surface area contributed by atoms with Crippen molar-refractivity contribution < 1.29 is 33.1 Å². The van der Waals surface area contributed by atoms with Crippen molar-refractivity contribution in [3.63, 3.8) is 0 Å². The topological polar surface area (TPSA) is 183 Å². The molecular formula is C22H20N8O7. The molecular weight excluding hydrogens is 488 g/mol. The number of rotatable bonds is 8. The predicted octanol–water partition coefficient (Wildman–Crippen LogP) is 1.42. The molecule has 1 aliphatic heterocycles. The minimum absolute atomic E-state index is 0.0441. The Kier molecular flexibility index (Phi) is 6.15. The number of benzene rings is 2. The largest absolute Gasteiger partial charge is 0.493 e. The van der Waals surface area contributed by atoms with Crippen LogP contribution in [0.15, 0.2) is 40.1 Å². The van der Waals surface area contributed by atoms with Gasteiger partial charge < -0.3 is 29.4 Å². The minimum atomic E-state index is -0.662. The molecule has 2 aromatic carbocycles. The van der Waals surface area contributed by atoms with Crippen LogP contribution in [-0.2, 0) is 0 Å². The molecule has 1 aliphatic rings. The highest BCUT2D eigenvalue weighted by Crippen LogP contribution is 2.39. The van der Waals surface area contributed by atoms with Crippen LogP contribution >= 0.6 is 0 Å². The van der Waals surface area contributed by atoms with Gasteiger partial charge in [-0.3, -0.25) is 4.79 Å². The van der Waals surface area contributed by atoms with Crippen molar-refractivity contribution in [2.24, 2.45) is 5.10 Å². The van der Waals surface area contributed by atoms with Crippen LogP contribution in [0.2, 0.25) is 0 Å². The monoisotopic (exact) mass is 508 g/mol. The smallest absolute Gasteiger partial charge is 0.294 e. The molecule has 0 bridgehead atoms. The summed E-state index contributed by atoms with van der Waals surface area (Å²) in [4.78, 5) is 13.1. The number of nitrogens with zero attached hydrogens (tertiary/aromatic N) is 6. The van der Waals surface area contributed by atoms with Crippen molar-refractivity contribution >= 4 is 17.9 Å². The fourth-order valence-electron chi connectivity index (χ4n) is 3.66. The molecule has 0 spiro atoms. The zero-order chi connectivity index (χ0) is 25.9. The second-order valence-corrected chi connectivity index (χ2v) is 7.36. The quantitative estimate of drug-likeness (QED) is 0.258. The molecule has 4 aromatic rings. The van der Waals surface area contributed by atoms with Gasteiger partial charge in [0.2, 0.25) is 24.2 Å². The van der Waals surface area contributed by atoms with E-state index in [2.05, 4.69) is 31.2 Å². The van der Waals surface area contributed by atoms with Gasteiger partial charge in [-0.05, 0) is 40.6 Å². The van der Waals surface area contributed by atoms with E-state index < -0.39 is 5.91 Å². The molecule has 2 aromatic heterocycles. The van der Waals surface area contributed by atoms with Gasteiger partial charge in [0.15, 0.2) is 28.7 Å². The zero-order valence-electron chi connectivity index (χ0n) is 19.8. The Labute approximate surface area is 208 Å². The first-order chi connectivity index (χ1) is 18.0. The van der Waals surface area contributed by atoms with Crippen LogP contribution in [-0.4, -0.2) is 65.6 Å². The summed E-state index contributed by atoms with van der Waals surface area (Å²) < 4.78 is 32.8. The van der Waals surface area contributed by atoms with Gasteiger partial charge in [0.25, 0.3) is 5.91 Å². The Morgan fingerprint density at radius 3 is 2.62 bits per heavy atom. The number of aromatic nitrogens is 5. The lowest BCUT2D eigenvalue weighted by atomic mass is 10.1. The summed E-state index contributed by atoms with van der Waals surface area (Å²) in [6, 6.07) is 8.47. The number of hydrazone groups is 1. The Morgan fingerprint density at radius 2 is 1.89 bits per heavy atom. The van der Waals surface area contributed by atoms with Crippen LogP contribution in [0, 0.1) is 0 Å². The third kappa shape index (κ3) is 4.18. The Bertz CT molecular complexity index is 1500. The lowest BCUT2D eigenvalue weighted by Crippen LogP contribution is -2.19. The molecule has 1 amide bonds. The molecule has 37 heavy (non-hydrogen) atoms. The van der Waals surface area contributed by atoms with E-state index in [1.807, 2.05) is 0 Å². The third-order valence-electron chi connectivity index (χ3n) is 5.33.